The number of hydrogen-bond donors (Lipinski definition) is 0. The quantitative estimate of drug-likeness (QED) is 0.186. The van der Waals surface area contributed by atoms with Crippen LogP contribution in [0.15, 0.2) is 182 Å². The topological polar surface area (TPSA) is 43.6 Å². The Morgan fingerprint density at radius 3 is 2.08 bits per heavy atom. The van der Waals surface area contributed by atoms with Gasteiger partial charge in [0.2, 0.25) is 0 Å². The van der Waals surface area contributed by atoms with Crippen LogP contribution < -0.4 is 0 Å². The highest BCUT2D eigenvalue weighted by Crippen LogP contribution is 2.42. The van der Waals surface area contributed by atoms with Crippen molar-refractivity contribution in [3.63, 3.8) is 0 Å². The van der Waals surface area contributed by atoms with Crippen LogP contribution in [-0.2, 0) is 0 Å². The molecule has 0 amide bonds. The molecule has 0 fully saturated rings. The van der Waals surface area contributed by atoms with Gasteiger partial charge in [-0.3, -0.25) is 0 Å². The summed E-state index contributed by atoms with van der Waals surface area (Å²) < 4.78 is 43.9. The molecule has 0 aliphatic rings. The summed E-state index contributed by atoms with van der Waals surface area (Å²) in [7, 11) is 0. The first-order chi connectivity index (χ1) is 28.4. The van der Waals surface area contributed by atoms with Crippen LogP contribution in [0, 0.1) is 0 Å². The van der Waals surface area contributed by atoms with E-state index in [-0.39, 0.29) is 29.7 Å². The number of nitrogens with zero attached hydrogens (tertiary/aromatic N) is 4. The lowest BCUT2D eigenvalue weighted by Crippen LogP contribution is -1.99. The second-order valence-corrected chi connectivity index (χ2v) is 13.3. The molecule has 0 saturated carbocycles. The minimum Gasteiger partial charge on any atom is -0.309 e. The van der Waals surface area contributed by atoms with Gasteiger partial charge >= 0.3 is 0 Å². The maximum Gasteiger partial charge on any atom is 0.178 e. The second kappa shape index (κ2) is 11.7. The van der Waals surface area contributed by atoms with E-state index in [9.17, 15) is 0 Å². The number of pyridine rings is 1. The average molecular weight is 680 g/mol. The Morgan fingerprint density at radius 2 is 1.21 bits per heavy atom. The van der Waals surface area contributed by atoms with E-state index in [2.05, 4.69) is 119 Å². The van der Waals surface area contributed by atoms with Crippen LogP contribution in [0.4, 0.5) is 0 Å². The smallest absolute Gasteiger partial charge is 0.178 e. The van der Waals surface area contributed by atoms with Crippen LogP contribution in [-0.4, -0.2) is 19.5 Å². The largest absolute Gasteiger partial charge is 0.309 e. The van der Waals surface area contributed by atoms with Crippen molar-refractivity contribution in [2.45, 2.75) is 0 Å². The van der Waals surface area contributed by atoms with Crippen LogP contribution in [0.2, 0.25) is 0 Å². The first-order valence-electron chi connectivity index (χ1n) is 20.0. The van der Waals surface area contributed by atoms with Gasteiger partial charge in [0.25, 0.3) is 0 Å². The summed E-state index contributed by atoms with van der Waals surface area (Å²) >= 11 is 0. The Hall–Kier alpha value is -7.17. The molecule has 4 nitrogen and oxygen atoms in total. The lowest BCUT2D eigenvalue weighted by molar-refractivity contribution is 1.20. The van der Waals surface area contributed by atoms with Crippen molar-refractivity contribution in [2.75, 3.05) is 0 Å². The predicted octanol–water partition coefficient (Wildman–Crippen LogP) is 12.6. The monoisotopic (exact) mass is 679 g/mol. The predicted molar refractivity (Wildman–Crippen MR) is 220 cm³/mol. The fraction of sp³-hybridized carbons (Fsp3) is 0. The van der Waals surface area contributed by atoms with Gasteiger partial charge in [0.15, 0.2) is 5.65 Å². The standard InChI is InChI=1S/C49H30N4/c1-2-11-31(12-3-1)32-22-24-34(25-23-32)47-48(51-42-20-10-28-50-49(42)52-47)40-19-8-18-39-38(40)17-9-21-43(39)53-44-27-26-33-13-6-7-16-37(33)46(44)41-29-35-14-4-5-15-36(35)30-45(41)53/h1-30H/i1D,2D,3D,11D,12D. The van der Waals surface area contributed by atoms with Gasteiger partial charge in [-0.15, -0.1) is 0 Å². The van der Waals surface area contributed by atoms with Crippen molar-refractivity contribution >= 4 is 65.3 Å². The highest BCUT2D eigenvalue weighted by Gasteiger charge is 2.20. The zero-order chi connectivity index (χ0) is 39.2. The Morgan fingerprint density at radius 1 is 0.472 bits per heavy atom. The molecule has 0 unspecified atom stereocenters. The molecule has 0 radical (unpaired) electrons. The van der Waals surface area contributed by atoms with E-state index in [0.29, 0.717) is 28.1 Å². The Labute approximate surface area is 312 Å². The van der Waals surface area contributed by atoms with Crippen molar-refractivity contribution < 1.29 is 6.85 Å². The van der Waals surface area contributed by atoms with E-state index in [0.717, 1.165) is 38.6 Å². The third kappa shape index (κ3) is 4.66. The van der Waals surface area contributed by atoms with Gasteiger partial charge in [-0.05, 0) is 74.5 Å². The summed E-state index contributed by atoms with van der Waals surface area (Å²) in [6.45, 7) is 0. The Bertz CT molecular complexity index is 3490. The maximum atomic E-state index is 8.53. The molecule has 4 heteroatoms. The summed E-state index contributed by atoms with van der Waals surface area (Å²) in [5.74, 6) is 0. The van der Waals surface area contributed by atoms with Crippen molar-refractivity contribution in [1.82, 2.24) is 19.5 Å². The molecule has 246 valence electrons. The number of aromatic nitrogens is 4. The van der Waals surface area contributed by atoms with Gasteiger partial charge in [-0.1, -0.05) is 139 Å². The number of fused-ring (bicyclic) bond motifs is 8. The Kier molecular flexibility index (Phi) is 5.49. The molecule has 0 atom stereocenters. The maximum absolute atomic E-state index is 8.53. The van der Waals surface area contributed by atoms with Crippen molar-refractivity contribution in [2.24, 2.45) is 0 Å². The van der Waals surface area contributed by atoms with Gasteiger partial charge in [0.1, 0.15) is 5.52 Å². The number of rotatable bonds is 4. The van der Waals surface area contributed by atoms with Crippen LogP contribution in [0.5, 0.6) is 0 Å². The molecule has 53 heavy (non-hydrogen) atoms. The van der Waals surface area contributed by atoms with E-state index < -0.39 is 6.04 Å². The van der Waals surface area contributed by atoms with Gasteiger partial charge in [0.05, 0.1) is 35.0 Å². The average Bonchev–Trinajstić information content (AvgIpc) is 3.59. The highest BCUT2D eigenvalue weighted by atomic mass is 15.0. The van der Waals surface area contributed by atoms with E-state index in [1.165, 1.54) is 32.3 Å². The summed E-state index contributed by atoms with van der Waals surface area (Å²) in [4.78, 5) is 14.8. The second-order valence-electron chi connectivity index (χ2n) is 13.3. The first kappa shape index (κ1) is 24.9. The summed E-state index contributed by atoms with van der Waals surface area (Å²) in [5, 5.41) is 9.24. The van der Waals surface area contributed by atoms with Crippen LogP contribution in [0.3, 0.4) is 0 Å². The molecule has 0 saturated heterocycles. The summed E-state index contributed by atoms with van der Waals surface area (Å²) in [6.07, 6.45) is 1.70. The normalized spacial score (nSPS) is 13.1. The molecule has 11 rings (SSSR count). The minimum atomic E-state index is -0.419. The minimum absolute atomic E-state index is 0.150. The van der Waals surface area contributed by atoms with E-state index in [1.807, 2.05) is 24.3 Å². The number of hydrogen-bond acceptors (Lipinski definition) is 3. The zero-order valence-corrected chi connectivity index (χ0v) is 28.2. The molecular formula is C49H30N4. The van der Waals surface area contributed by atoms with Crippen molar-refractivity contribution in [1.29, 1.82) is 0 Å². The van der Waals surface area contributed by atoms with Crippen LogP contribution >= 0.6 is 0 Å². The van der Waals surface area contributed by atoms with Gasteiger partial charge < -0.3 is 4.57 Å². The van der Waals surface area contributed by atoms with E-state index in [1.54, 1.807) is 18.3 Å². The lowest BCUT2D eigenvalue weighted by atomic mass is 9.96. The fourth-order valence-electron chi connectivity index (χ4n) is 7.90. The molecule has 0 spiro atoms. The molecule has 0 aliphatic heterocycles. The van der Waals surface area contributed by atoms with E-state index >= 15 is 0 Å². The van der Waals surface area contributed by atoms with Gasteiger partial charge in [-0.2, -0.15) is 0 Å². The summed E-state index contributed by atoms with van der Waals surface area (Å²) in [5.41, 5.74) is 8.06. The molecule has 11 aromatic rings. The molecule has 0 bridgehead atoms. The van der Waals surface area contributed by atoms with Crippen molar-refractivity contribution in [3.05, 3.63) is 182 Å². The molecule has 0 N–H and O–H groups in total. The molecule has 0 aliphatic carbocycles. The van der Waals surface area contributed by atoms with Gasteiger partial charge in [0, 0.05) is 33.5 Å². The molecule has 3 heterocycles. The molecule has 3 aromatic heterocycles. The SMILES string of the molecule is [2H]c1c([2H])c([2H])c(-c2ccc(-c3nc4ncccc4nc3-c3cccc4c(-n5c6cc7ccccc7cc6c6c7ccccc7ccc65)cccc34)cc2)c([2H])c1[2H]. The van der Waals surface area contributed by atoms with Crippen LogP contribution in [0.1, 0.15) is 6.85 Å². The van der Waals surface area contributed by atoms with Crippen molar-refractivity contribution in [3.8, 4) is 39.3 Å². The molecular weight excluding hydrogens is 645 g/mol. The highest BCUT2D eigenvalue weighted by molar-refractivity contribution is 6.23. The summed E-state index contributed by atoms with van der Waals surface area (Å²) in [6, 6.07) is 48.3. The third-order valence-electron chi connectivity index (χ3n) is 10.3. The lowest BCUT2D eigenvalue weighted by Gasteiger charge is -2.16. The van der Waals surface area contributed by atoms with E-state index in [4.69, 9.17) is 16.8 Å². The first-order valence-corrected chi connectivity index (χ1v) is 17.5. The van der Waals surface area contributed by atoms with Gasteiger partial charge in [-0.25, -0.2) is 15.0 Å². The zero-order valence-electron chi connectivity index (χ0n) is 33.2. The fourth-order valence-corrected chi connectivity index (χ4v) is 7.90. The van der Waals surface area contributed by atoms with Crippen LogP contribution in [0.25, 0.3) is 105 Å². The Balaban J connectivity index is 1.15. The third-order valence-corrected chi connectivity index (χ3v) is 10.3. The number of benzene rings is 8. The molecule has 8 aromatic carbocycles.